The molecule has 1 saturated carbocycles. The molecule has 0 aliphatic heterocycles. The number of benzene rings is 2. The molecule has 0 unspecified atom stereocenters. The Morgan fingerprint density at radius 3 is 2.42 bits per heavy atom. The molecule has 1 fully saturated rings. The van der Waals surface area contributed by atoms with E-state index in [2.05, 4.69) is 36.3 Å². The number of anilines is 1. The van der Waals surface area contributed by atoms with Crippen molar-refractivity contribution in [3.05, 3.63) is 53.0 Å². The smallest absolute Gasteiger partial charge is 0.228 e. The van der Waals surface area contributed by atoms with Crippen LogP contribution in [-0.4, -0.2) is 28.0 Å². The van der Waals surface area contributed by atoms with Crippen molar-refractivity contribution >= 4 is 33.5 Å². The molecule has 1 aliphatic rings. The lowest BCUT2D eigenvalue weighted by molar-refractivity contribution is -0.122. The highest BCUT2D eigenvalue weighted by Gasteiger charge is 2.25. The van der Waals surface area contributed by atoms with Gasteiger partial charge in [0.05, 0.1) is 29.5 Å². The van der Waals surface area contributed by atoms with Crippen LogP contribution in [0.1, 0.15) is 41.8 Å². The number of nitrogens with zero attached hydrogens (tertiary/aromatic N) is 3. The molecule has 6 heteroatoms. The zero-order chi connectivity index (χ0) is 23.3. The summed E-state index contributed by atoms with van der Waals surface area (Å²) in [6, 6.07) is 8.12. The quantitative estimate of drug-likeness (QED) is 0.404. The molecule has 2 aromatic heterocycles. The molecule has 168 valence electrons. The van der Waals surface area contributed by atoms with E-state index in [9.17, 15) is 4.79 Å². The highest BCUT2D eigenvalue weighted by Crippen LogP contribution is 2.39. The van der Waals surface area contributed by atoms with Crippen molar-refractivity contribution < 1.29 is 9.53 Å². The predicted octanol–water partition coefficient (Wildman–Crippen LogP) is 5.83. The zero-order valence-corrected chi connectivity index (χ0v) is 19.7. The molecule has 0 bridgehead atoms. The number of carbonyl (C=O) groups is 1. The van der Waals surface area contributed by atoms with Crippen LogP contribution in [0.25, 0.3) is 32.9 Å². The van der Waals surface area contributed by atoms with Gasteiger partial charge in [-0.15, -0.1) is 0 Å². The van der Waals surface area contributed by atoms with Crippen molar-refractivity contribution in [2.45, 2.75) is 47.0 Å². The summed E-state index contributed by atoms with van der Waals surface area (Å²) in [6.45, 7) is 8.13. The molecule has 1 N–H and O–H groups in total. The van der Waals surface area contributed by atoms with E-state index in [0.29, 0.717) is 5.82 Å². The van der Waals surface area contributed by atoms with Gasteiger partial charge in [-0.2, -0.15) is 0 Å². The van der Waals surface area contributed by atoms with Crippen molar-refractivity contribution in [1.29, 1.82) is 0 Å². The fourth-order valence-electron chi connectivity index (χ4n) is 4.61. The molecule has 2 aromatic carbocycles. The number of methoxy groups -OCH3 is 1. The molecule has 0 radical (unpaired) electrons. The van der Waals surface area contributed by atoms with Gasteiger partial charge < -0.3 is 10.1 Å². The second kappa shape index (κ2) is 8.10. The molecule has 0 saturated heterocycles. The van der Waals surface area contributed by atoms with Crippen LogP contribution in [0.2, 0.25) is 0 Å². The van der Waals surface area contributed by atoms with E-state index in [1.807, 2.05) is 32.2 Å². The number of hydrogen-bond donors (Lipinski definition) is 1. The first-order chi connectivity index (χ1) is 15.9. The maximum atomic E-state index is 12.5. The van der Waals surface area contributed by atoms with Crippen molar-refractivity contribution in [3.63, 3.8) is 0 Å². The highest BCUT2D eigenvalue weighted by atomic mass is 16.5. The second-order valence-electron chi connectivity index (χ2n) is 9.01. The first-order valence-corrected chi connectivity index (χ1v) is 11.4. The molecule has 33 heavy (non-hydrogen) atoms. The van der Waals surface area contributed by atoms with E-state index >= 15 is 0 Å². The lowest BCUT2D eigenvalue weighted by Crippen LogP contribution is -2.28. The van der Waals surface area contributed by atoms with Gasteiger partial charge in [0, 0.05) is 28.5 Å². The minimum atomic E-state index is 0.0507. The summed E-state index contributed by atoms with van der Waals surface area (Å²) in [5, 5.41) is 4.88. The van der Waals surface area contributed by atoms with Crippen LogP contribution in [-0.2, 0) is 4.79 Å². The normalized spacial score (nSPS) is 13.8. The average Bonchev–Trinajstić information content (AvgIpc) is 2.74. The van der Waals surface area contributed by atoms with Crippen molar-refractivity contribution in [3.8, 4) is 16.9 Å². The third kappa shape index (κ3) is 3.59. The van der Waals surface area contributed by atoms with Crippen LogP contribution in [0.4, 0.5) is 5.82 Å². The van der Waals surface area contributed by atoms with Gasteiger partial charge in [-0.1, -0.05) is 12.5 Å². The summed E-state index contributed by atoms with van der Waals surface area (Å²) >= 11 is 0. The summed E-state index contributed by atoms with van der Waals surface area (Å²) in [7, 11) is 1.69. The third-order valence-electron chi connectivity index (χ3n) is 6.89. The van der Waals surface area contributed by atoms with Crippen LogP contribution in [0.5, 0.6) is 5.75 Å². The first-order valence-electron chi connectivity index (χ1n) is 11.4. The Morgan fingerprint density at radius 2 is 1.76 bits per heavy atom. The topological polar surface area (TPSA) is 77.0 Å². The highest BCUT2D eigenvalue weighted by molar-refractivity contribution is 6.12. The number of ether oxygens (including phenoxy) is 1. The van der Waals surface area contributed by atoms with Crippen LogP contribution < -0.4 is 10.1 Å². The molecule has 6 nitrogen and oxygen atoms in total. The predicted molar refractivity (Wildman–Crippen MR) is 132 cm³/mol. The first kappa shape index (κ1) is 21.3. The van der Waals surface area contributed by atoms with Gasteiger partial charge in [0.1, 0.15) is 11.6 Å². The standard InChI is InChI=1S/C27H28N4O2/c1-14-9-10-22(33-5)15(2)24(14)21-11-19-13-28-23(31-27(32)18-7-6-8-18)12-20(19)25-26(21)30-17(4)16(3)29-25/h9-13,18H,6-8H2,1-5H3,(H,28,31,32). The van der Waals surface area contributed by atoms with Crippen LogP contribution in [0.15, 0.2) is 30.5 Å². The molecule has 0 spiro atoms. The van der Waals surface area contributed by atoms with E-state index in [0.717, 1.165) is 80.5 Å². The lowest BCUT2D eigenvalue weighted by Gasteiger charge is -2.23. The van der Waals surface area contributed by atoms with Gasteiger partial charge >= 0.3 is 0 Å². The fraction of sp³-hybridized carbons (Fsp3) is 0.333. The molecular weight excluding hydrogens is 412 g/mol. The number of pyridine rings is 1. The summed E-state index contributed by atoms with van der Waals surface area (Å²) in [5.41, 5.74) is 7.75. The Hall–Kier alpha value is -3.54. The zero-order valence-electron chi connectivity index (χ0n) is 19.7. The largest absolute Gasteiger partial charge is 0.496 e. The van der Waals surface area contributed by atoms with E-state index in [4.69, 9.17) is 14.7 Å². The Kier molecular flexibility index (Phi) is 5.23. The summed E-state index contributed by atoms with van der Waals surface area (Å²) in [6.07, 6.45) is 4.84. The number of aromatic nitrogens is 3. The van der Waals surface area contributed by atoms with Crippen LogP contribution in [0, 0.1) is 33.6 Å². The molecule has 5 rings (SSSR count). The number of hydrogen-bond acceptors (Lipinski definition) is 5. The van der Waals surface area contributed by atoms with Gasteiger partial charge in [-0.3, -0.25) is 4.79 Å². The number of amides is 1. The van der Waals surface area contributed by atoms with E-state index in [-0.39, 0.29) is 11.8 Å². The average molecular weight is 441 g/mol. The van der Waals surface area contributed by atoms with E-state index in [1.165, 1.54) is 0 Å². The molecule has 1 aliphatic carbocycles. The lowest BCUT2D eigenvalue weighted by atomic mass is 9.85. The van der Waals surface area contributed by atoms with Gasteiger partial charge in [0.2, 0.25) is 5.91 Å². The summed E-state index contributed by atoms with van der Waals surface area (Å²) < 4.78 is 5.60. The van der Waals surface area contributed by atoms with Crippen molar-refractivity contribution in [2.24, 2.45) is 5.92 Å². The minimum absolute atomic E-state index is 0.0507. The van der Waals surface area contributed by atoms with Gasteiger partial charge in [-0.05, 0) is 75.4 Å². The molecular formula is C27H28N4O2. The Morgan fingerprint density at radius 1 is 1.03 bits per heavy atom. The third-order valence-corrected chi connectivity index (χ3v) is 6.89. The molecule has 1 amide bonds. The monoisotopic (exact) mass is 440 g/mol. The molecule has 0 atom stereocenters. The Labute approximate surface area is 193 Å². The summed E-state index contributed by atoms with van der Waals surface area (Å²) in [5.74, 6) is 1.55. The number of carbonyl (C=O) groups excluding carboxylic acids is 1. The van der Waals surface area contributed by atoms with E-state index in [1.54, 1.807) is 7.11 Å². The maximum absolute atomic E-state index is 12.5. The molecule has 2 heterocycles. The minimum Gasteiger partial charge on any atom is -0.496 e. The number of nitrogens with one attached hydrogen (secondary N) is 1. The number of aryl methyl sites for hydroxylation is 3. The van der Waals surface area contributed by atoms with E-state index < -0.39 is 0 Å². The van der Waals surface area contributed by atoms with Gasteiger partial charge in [0.25, 0.3) is 0 Å². The Balaban J connectivity index is 1.76. The summed E-state index contributed by atoms with van der Waals surface area (Å²) in [4.78, 5) is 26.9. The van der Waals surface area contributed by atoms with Crippen molar-refractivity contribution in [2.75, 3.05) is 12.4 Å². The SMILES string of the molecule is COc1ccc(C)c(-c2cc3cnc(NC(=O)C4CCC4)cc3c3nc(C)c(C)nc23)c1C. The number of fused-ring (bicyclic) bond motifs is 3. The van der Waals surface area contributed by atoms with Crippen LogP contribution >= 0.6 is 0 Å². The Bertz CT molecular complexity index is 1420. The van der Waals surface area contributed by atoms with Gasteiger partial charge in [-0.25, -0.2) is 15.0 Å². The van der Waals surface area contributed by atoms with Crippen LogP contribution in [0.3, 0.4) is 0 Å². The number of rotatable bonds is 4. The molecule has 4 aromatic rings. The van der Waals surface area contributed by atoms with Crippen molar-refractivity contribution in [1.82, 2.24) is 15.0 Å². The van der Waals surface area contributed by atoms with Gasteiger partial charge in [0.15, 0.2) is 0 Å². The second-order valence-corrected chi connectivity index (χ2v) is 9.01. The fourth-order valence-corrected chi connectivity index (χ4v) is 4.61. The maximum Gasteiger partial charge on any atom is 0.228 e.